The first-order valence-electron chi connectivity index (χ1n) is 10.9. The molecule has 1 aliphatic rings. The zero-order valence-electron chi connectivity index (χ0n) is 17.3. The number of nitrogens with zero attached hydrogens (tertiary/aromatic N) is 1. The molecule has 1 heterocycles. The lowest BCUT2D eigenvalue weighted by Gasteiger charge is -2.36. The molecule has 0 spiro atoms. The topological polar surface area (TPSA) is 29.5 Å². The predicted molar refractivity (Wildman–Crippen MR) is 116 cm³/mol. The van der Waals surface area contributed by atoms with E-state index in [0.29, 0.717) is 13.0 Å². The summed E-state index contributed by atoms with van der Waals surface area (Å²) in [5.41, 5.74) is 3.52. The Labute approximate surface area is 169 Å². The van der Waals surface area contributed by atoms with E-state index in [-0.39, 0.29) is 11.9 Å². The zero-order chi connectivity index (χ0) is 19.8. The molecule has 2 aromatic carbocycles. The summed E-state index contributed by atoms with van der Waals surface area (Å²) in [5, 5.41) is 0. The minimum absolute atomic E-state index is 0.0806. The van der Waals surface area contributed by atoms with Crippen LogP contribution in [0.5, 0.6) is 5.75 Å². The number of ether oxygens (including phenoxy) is 1. The fourth-order valence-electron chi connectivity index (χ4n) is 4.07. The maximum atomic E-state index is 12.8. The largest absolute Gasteiger partial charge is 0.494 e. The van der Waals surface area contributed by atoms with Gasteiger partial charge in [-0.1, -0.05) is 50.5 Å². The van der Waals surface area contributed by atoms with Gasteiger partial charge in [-0.25, -0.2) is 0 Å². The van der Waals surface area contributed by atoms with Gasteiger partial charge in [0.1, 0.15) is 5.75 Å². The van der Waals surface area contributed by atoms with E-state index < -0.39 is 0 Å². The third-order valence-corrected chi connectivity index (χ3v) is 5.54. The third kappa shape index (κ3) is 5.15. The van der Waals surface area contributed by atoms with Crippen molar-refractivity contribution < 1.29 is 9.53 Å². The molecule has 1 saturated heterocycles. The molecule has 1 fully saturated rings. The summed E-state index contributed by atoms with van der Waals surface area (Å²) in [7, 11) is 0. The number of carbonyl (C=O) groups is 1. The maximum Gasteiger partial charge on any atom is 0.227 e. The Balaban J connectivity index is 1.77. The normalized spacial score (nSPS) is 17.0. The van der Waals surface area contributed by atoms with Gasteiger partial charge in [0, 0.05) is 12.1 Å². The molecule has 1 aliphatic heterocycles. The lowest BCUT2D eigenvalue weighted by atomic mass is 9.93. The van der Waals surface area contributed by atoms with Crippen LogP contribution in [0.4, 0.5) is 5.69 Å². The maximum absolute atomic E-state index is 12.8. The summed E-state index contributed by atoms with van der Waals surface area (Å²) >= 11 is 0. The Morgan fingerprint density at radius 2 is 1.86 bits per heavy atom. The number of aryl methyl sites for hydroxylation is 1. The summed E-state index contributed by atoms with van der Waals surface area (Å²) in [6, 6.07) is 16.9. The molecule has 0 bridgehead atoms. The highest BCUT2D eigenvalue weighted by Crippen LogP contribution is 2.37. The van der Waals surface area contributed by atoms with Crippen LogP contribution in [0.3, 0.4) is 0 Å². The third-order valence-electron chi connectivity index (χ3n) is 5.54. The van der Waals surface area contributed by atoms with E-state index in [1.54, 1.807) is 0 Å². The first-order valence-corrected chi connectivity index (χ1v) is 10.9. The second-order valence-corrected chi connectivity index (χ2v) is 7.65. The summed E-state index contributed by atoms with van der Waals surface area (Å²) in [4.78, 5) is 14.8. The molecule has 150 valence electrons. The van der Waals surface area contributed by atoms with Crippen LogP contribution < -0.4 is 9.64 Å². The van der Waals surface area contributed by atoms with Crippen LogP contribution in [0.2, 0.25) is 0 Å². The second kappa shape index (κ2) is 10.3. The minimum Gasteiger partial charge on any atom is -0.494 e. The molecular formula is C25H33NO2. The Morgan fingerprint density at radius 3 is 2.61 bits per heavy atom. The smallest absolute Gasteiger partial charge is 0.227 e. The SMILES string of the molecule is CCCCCCc1ccc(N2C(=O)CCCC2c2cccc(OCC)c2)cc1. The molecule has 0 saturated carbocycles. The van der Waals surface area contributed by atoms with Gasteiger partial charge in [-0.2, -0.15) is 0 Å². The fraction of sp³-hybridized carbons (Fsp3) is 0.480. The van der Waals surface area contributed by atoms with Gasteiger partial charge in [0.2, 0.25) is 5.91 Å². The summed E-state index contributed by atoms with van der Waals surface area (Å²) in [6.07, 6.45) is 8.78. The highest BCUT2D eigenvalue weighted by atomic mass is 16.5. The van der Waals surface area contributed by atoms with Crippen molar-refractivity contribution in [3.63, 3.8) is 0 Å². The Kier molecular flexibility index (Phi) is 7.53. The Morgan fingerprint density at radius 1 is 1.04 bits per heavy atom. The van der Waals surface area contributed by atoms with Crippen LogP contribution in [-0.4, -0.2) is 12.5 Å². The molecule has 2 aromatic rings. The summed E-state index contributed by atoms with van der Waals surface area (Å²) in [5.74, 6) is 1.09. The number of carbonyl (C=O) groups excluding carboxylic acids is 1. The molecule has 0 radical (unpaired) electrons. The number of piperidine rings is 1. The molecule has 3 rings (SSSR count). The van der Waals surface area contributed by atoms with Crippen LogP contribution >= 0.6 is 0 Å². The lowest BCUT2D eigenvalue weighted by molar-refractivity contribution is -0.120. The van der Waals surface area contributed by atoms with Gasteiger partial charge >= 0.3 is 0 Å². The van der Waals surface area contributed by atoms with E-state index in [0.717, 1.165) is 36.3 Å². The monoisotopic (exact) mass is 379 g/mol. The van der Waals surface area contributed by atoms with Gasteiger partial charge < -0.3 is 9.64 Å². The first kappa shape index (κ1) is 20.4. The van der Waals surface area contributed by atoms with Crippen molar-refractivity contribution in [1.29, 1.82) is 0 Å². The number of hydrogen-bond donors (Lipinski definition) is 0. The molecule has 0 N–H and O–H groups in total. The number of amides is 1. The van der Waals surface area contributed by atoms with Crippen molar-refractivity contribution in [2.45, 2.75) is 71.3 Å². The van der Waals surface area contributed by atoms with E-state index >= 15 is 0 Å². The van der Waals surface area contributed by atoms with E-state index in [2.05, 4.69) is 43.3 Å². The van der Waals surface area contributed by atoms with Gasteiger partial charge in [0.25, 0.3) is 0 Å². The van der Waals surface area contributed by atoms with E-state index in [1.807, 2.05) is 24.0 Å². The van der Waals surface area contributed by atoms with Crippen LogP contribution in [0.15, 0.2) is 48.5 Å². The number of hydrogen-bond acceptors (Lipinski definition) is 2. The summed E-state index contributed by atoms with van der Waals surface area (Å²) < 4.78 is 5.67. The van der Waals surface area contributed by atoms with Crippen LogP contribution in [-0.2, 0) is 11.2 Å². The van der Waals surface area contributed by atoms with Crippen molar-refractivity contribution >= 4 is 11.6 Å². The van der Waals surface area contributed by atoms with E-state index in [1.165, 1.54) is 31.2 Å². The van der Waals surface area contributed by atoms with Crippen LogP contribution in [0.25, 0.3) is 0 Å². The summed E-state index contributed by atoms with van der Waals surface area (Å²) in [6.45, 7) is 4.88. The van der Waals surface area contributed by atoms with Crippen LogP contribution in [0, 0.1) is 0 Å². The molecule has 1 atom stereocenters. The fourth-order valence-corrected chi connectivity index (χ4v) is 4.07. The van der Waals surface area contributed by atoms with E-state index in [4.69, 9.17) is 4.74 Å². The average molecular weight is 380 g/mol. The van der Waals surface area contributed by atoms with E-state index in [9.17, 15) is 4.79 Å². The van der Waals surface area contributed by atoms with Crippen LogP contribution in [0.1, 0.15) is 76.0 Å². The quantitative estimate of drug-likeness (QED) is 0.468. The lowest BCUT2D eigenvalue weighted by Crippen LogP contribution is -2.38. The van der Waals surface area contributed by atoms with Crippen molar-refractivity contribution in [3.05, 3.63) is 59.7 Å². The van der Waals surface area contributed by atoms with Crippen molar-refractivity contribution in [1.82, 2.24) is 0 Å². The molecule has 28 heavy (non-hydrogen) atoms. The van der Waals surface area contributed by atoms with Gasteiger partial charge in [-0.05, 0) is 68.0 Å². The number of benzene rings is 2. The first-order chi connectivity index (χ1) is 13.7. The Hall–Kier alpha value is -2.29. The van der Waals surface area contributed by atoms with Gasteiger partial charge in [-0.3, -0.25) is 4.79 Å². The number of anilines is 1. The van der Waals surface area contributed by atoms with Crippen molar-refractivity contribution in [3.8, 4) is 5.75 Å². The minimum atomic E-state index is 0.0806. The molecular weight excluding hydrogens is 346 g/mol. The Bertz CT molecular complexity index is 753. The molecule has 1 unspecified atom stereocenters. The highest BCUT2D eigenvalue weighted by Gasteiger charge is 2.30. The number of unbranched alkanes of at least 4 members (excludes halogenated alkanes) is 3. The van der Waals surface area contributed by atoms with Crippen molar-refractivity contribution in [2.75, 3.05) is 11.5 Å². The molecule has 3 nitrogen and oxygen atoms in total. The molecule has 0 aromatic heterocycles. The van der Waals surface area contributed by atoms with Crippen molar-refractivity contribution in [2.24, 2.45) is 0 Å². The zero-order valence-corrected chi connectivity index (χ0v) is 17.3. The number of rotatable bonds is 9. The molecule has 0 aliphatic carbocycles. The predicted octanol–water partition coefficient (Wildman–Crippen LogP) is 6.47. The standard InChI is InChI=1S/C25H33NO2/c1-3-5-6-7-10-20-15-17-22(18-16-20)26-24(13-9-14-25(26)27)21-11-8-12-23(19-21)28-4-2/h8,11-12,15-19,24H,3-7,9-10,13-14H2,1-2H3. The average Bonchev–Trinajstić information content (AvgIpc) is 2.72. The van der Waals surface area contributed by atoms with Gasteiger partial charge in [-0.15, -0.1) is 0 Å². The highest BCUT2D eigenvalue weighted by molar-refractivity contribution is 5.95. The molecule has 1 amide bonds. The van der Waals surface area contributed by atoms with Gasteiger partial charge in [0.05, 0.1) is 12.6 Å². The molecule has 3 heteroatoms. The van der Waals surface area contributed by atoms with Gasteiger partial charge in [0.15, 0.2) is 0 Å². The second-order valence-electron chi connectivity index (χ2n) is 7.65.